The van der Waals surface area contributed by atoms with Gasteiger partial charge in [-0.05, 0) is 24.0 Å². The summed E-state index contributed by atoms with van der Waals surface area (Å²) >= 11 is 0. The van der Waals surface area contributed by atoms with E-state index in [1.807, 2.05) is 6.92 Å². The number of hydrogen-bond donors (Lipinski definition) is 0. The number of rotatable bonds is 6. The zero-order chi connectivity index (χ0) is 17.8. The van der Waals surface area contributed by atoms with Crippen LogP contribution in [0.3, 0.4) is 0 Å². The first kappa shape index (κ1) is 18.1. The maximum Gasteiger partial charge on any atom is 0.243 e. The molecule has 2 aromatic rings. The van der Waals surface area contributed by atoms with Crippen LogP contribution < -0.4 is 0 Å². The van der Waals surface area contributed by atoms with Crippen LogP contribution in [0.5, 0.6) is 0 Å². The molecule has 136 valence electrons. The number of aromatic nitrogens is 2. The highest BCUT2D eigenvalue weighted by Gasteiger charge is 2.25. The Labute approximate surface area is 151 Å². The molecule has 1 aliphatic heterocycles. The Balaban J connectivity index is 1.51. The van der Waals surface area contributed by atoms with E-state index < -0.39 is 0 Å². The van der Waals surface area contributed by atoms with Crippen LogP contribution in [0.25, 0.3) is 0 Å². The van der Waals surface area contributed by atoms with Crippen molar-refractivity contribution in [3.63, 3.8) is 0 Å². The van der Waals surface area contributed by atoms with E-state index in [1.165, 1.54) is 11.1 Å². The van der Waals surface area contributed by atoms with Gasteiger partial charge < -0.3 is 4.52 Å². The van der Waals surface area contributed by atoms with Crippen molar-refractivity contribution < 1.29 is 4.52 Å². The second-order valence-electron chi connectivity index (χ2n) is 7.29. The molecule has 5 heteroatoms. The summed E-state index contributed by atoms with van der Waals surface area (Å²) in [5.74, 6) is 2.14. The third kappa shape index (κ3) is 4.47. The van der Waals surface area contributed by atoms with E-state index in [-0.39, 0.29) is 6.04 Å². The van der Waals surface area contributed by atoms with Crippen molar-refractivity contribution in [1.29, 1.82) is 0 Å². The second kappa shape index (κ2) is 8.11. The van der Waals surface area contributed by atoms with Crippen molar-refractivity contribution in [2.45, 2.75) is 52.6 Å². The fourth-order valence-corrected chi connectivity index (χ4v) is 3.31. The summed E-state index contributed by atoms with van der Waals surface area (Å²) in [6, 6.07) is 9.27. The third-order valence-electron chi connectivity index (χ3n) is 5.16. The van der Waals surface area contributed by atoms with Crippen LogP contribution in [0.4, 0.5) is 0 Å². The Bertz CT molecular complexity index is 657. The smallest absolute Gasteiger partial charge is 0.243 e. The molecule has 1 atom stereocenters. The van der Waals surface area contributed by atoms with Gasteiger partial charge in [0.25, 0.3) is 0 Å². The zero-order valence-corrected chi connectivity index (χ0v) is 15.9. The highest BCUT2D eigenvalue weighted by Crippen LogP contribution is 2.21. The molecular formula is C20H30N4O. The van der Waals surface area contributed by atoms with E-state index in [2.05, 4.69) is 65.0 Å². The van der Waals surface area contributed by atoms with Gasteiger partial charge in [0, 0.05) is 39.1 Å². The Morgan fingerprint density at radius 1 is 1.04 bits per heavy atom. The van der Waals surface area contributed by atoms with E-state index in [0.717, 1.165) is 50.9 Å². The van der Waals surface area contributed by atoms with E-state index in [1.54, 1.807) is 0 Å². The molecule has 0 spiro atoms. The average Bonchev–Trinajstić information content (AvgIpc) is 3.11. The minimum Gasteiger partial charge on any atom is -0.338 e. The van der Waals surface area contributed by atoms with Gasteiger partial charge in [-0.2, -0.15) is 4.98 Å². The summed E-state index contributed by atoms with van der Waals surface area (Å²) in [6.07, 6.45) is 0.819. The molecule has 2 heterocycles. The third-order valence-corrected chi connectivity index (χ3v) is 5.16. The van der Waals surface area contributed by atoms with Gasteiger partial charge in [-0.1, -0.05) is 50.2 Å². The minimum absolute atomic E-state index is 0.195. The maximum absolute atomic E-state index is 5.41. The first-order valence-corrected chi connectivity index (χ1v) is 9.44. The van der Waals surface area contributed by atoms with Crippen LogP contribution in [0, 0.1) is 0 Å². The SMILES string of the molecule is CCc1noc([C@@H](C)N2CCN(Cc3ccc(C(C)C)cc3)CC2)n1. The van der Waals surface area contributed by atoms with Crippen molar-refractivity contribution in [1.82, 2.24) is 19.9 Å². The predicted octanol–water partition coefficient (Wildman–Crippen LogP) is 3.63. The Morgan fingerprint density at radius 2 is 1.72 bits per heavy atom. The summed E-state index contributed by atoms with van der Waals surface area (Å²) < 4.78 is 5.41. The van der Waals surface area contributed by atoms with Crippen LogP contribution in [0.1, 0.15) is 62.5 Å². The van der Waals surface area contributed by atoms with Crippen molar-refractivity contribution in [3.8, 4) is 0 Å². The van der Waals surface area contributed by atoms with E-state index in [9.17, 15) is 0 Å². The second-order valence-corrected chi connectivity index (χ2v) is 7.29. The summed E-state index contributed by atoms with van der Waals surface area (Å²) in [7, 11) is 0. The molecule has 1 aliphatic rings. The van der Waals surface area contributed by atoms with Crippen LogP contribution in [-0.2, 0) is 13.0 Å². The van der Waals surface area contributed by atoms with Crippen LogP contribution in [0.15, 0.2) is 28.8 Å². The topological polar surface area (TPSA) is 45.4 Å². The van der Waals surface area contributed by atoms with Crippen molar-refractivity contribution in [3.05, 3.63) is 47.1 Å². The molecular weight excluding hydrogens is 312 g/mol. The molecule has 0 saturated carbocycles. The normalized spacial score (nSPS) is 18.0. The largest absolute Gasteiger partial charge is 0.338 e. The highest BCUT2D eigenvalue weighted by atomic mass is 16.5. The maximum atomic E-state index is 5.41. The van der Waals surface area contributed by atoms with Crippen LogP contribution in [-0.4, -0.2) is 46.1 Å². The summed E-state index contributed by atoms with van der Waals surface area (Å²) in [4.78, 5) is 9.44. The first-order valence-electron chi connectivity index (χ1n) is 9.44. The lowest BCUT2D eigenvalue weighted by atomic mass is 10.0. The predicted molar refractivity (Wildman–Crippen MR) is 99.5 cm³/mol. The van der Waals surface area contributed by atoms with Gasteiger partial charge in [0.15, 0.2) is 5.82 Å². The lowest BCUT2D eigenvalue weighted by Crippen LogP contribution is -2.46. The fourth-order valence-electron chi connectivity index (χ4n) is 3.31. The number of aryl methyl sites for hydroxylation is 1. The summed E-state index contributed by atoms with van der Waals surface area (Å²) in [5.41, 5.74) is 2.81. The Hall–Kier alpha value is -1.72. The molecule has 0 amide bonds. The molecule has 0 radical (unpaired) electrons. The molecule has 1 fully saturated rings. The number of benzene rings is 1. The average molecular weight is 342 g/mol. The molecule has 0 N–H and O–H groups in total. The Kier molecular flexibility index (Phi) is 5.86. The van der Waals surface area contributed by atoms with Gasteiger partial charge in [0.05, 0.1) is 6.04 Å². The van der Waals surface area contributed by atoms with E-state index >= 15 is 0 Å². The van der Waals surface area contributed by atoms with Crippen molar-refractivity contribution in [2.24, 2.45) is 0 Å². The zero-order valence-electron chi connectivity index (χ0n) is 15.9. The Morgan fingerprint density at radius 3 is 2.28 bits per heavy atom. The molecule has 0 bridgehead atoms. The van der Waals surface area contributed by atoms with Gasteiger partial charge in [-0.15, -0.1) is 0 Å². The molecule has 1 aromatic heterocycles. The van der Waals surface area contributed by atoms with Crippen molar-refractivity contribution >= 4 is 0 Å². The molecule has 1 saturated heterocycles. The lowest BCUT2D eigenvalue weighted by molar-refractivity contribution is 0.0845. The van der Waals surface area contributed by atoms with Crippen molar-refractivity contribution in [2.75, 3.05) is 26.2 Å². The van der Waals surface area contributed by atoms with Gasteiger partial charge >= 0.3 is 0 Å². The molecule has 1 aromatic carbocycles. The monoisotopic (exact) mass is 342 g/mol. The van der Waals surface area contributed by atoms with E-state index in [0.29, 0.717) is 5.92 Å². The van der Waals surface area contributed by atoms with E-state index in [4.69, 9.17) is 4.52 Å². The number of nitrogens with zero attached hydrogens (tertiary/aromatic N) is 4. The number of piperazine rings is 1. The lowest BCUT2D eigenvalue weighted by Gasteiger charge is -2.36. The van der Waals surface area contributed by atoms with Gasteiger partial charge in [-0.3, -0.25) is 9.80 Å². The highest BCUT2D eigenvalue weighted by molar-refractivity contribution is 5.24. The summed E-state index contributed by atoms with van der Waals surface area (Å²) in [6.45, 7) is 13.9. The standard InChI is InChI=1S/C20H30N4O/c1-5-19-21-20(25-22-19)16(4)24-12-10-23(11-13-24)14-17-6-8-18(9-7-17)15(2)3/h6-9,15-16H,5,10-14H2,1-4H3/t16-/m1/s1. The molecule has 0 unspecified atom stereocenters. The molecule has 5 nitrogen and oxygen atoms in total. The minimum atomic E-state index is 0.195. The number of hydrogen-bond acceptors (Lipinski definition) is 5. The van der Waals surface area contributed by atoms with Gasteiger partial charge in [0.2, 0.25) is 5.89 Å². The quantitative estimate of drug-likeness (QED) is 0.802. The molecule has 25 heavy (non-hydrogen) atoms. The van der Waals surface area contributed by atoms with Gasteiger partial charge in [-0.25, -0.2) is 0 Å². The molecule has 3 rings (SSSR count). The fraction of sp³-hybridized carbons (Fsp3) is 0.600. The van der Waals surface area contributed by atoms with Gasteiger partial charge in [0.1, 0.15) is 0 Å². The van der Waals surface area contributed by atoms with Crippen LogP contribution in [0.2, 0.25) is 0 Å². The first-order chi connectivity index (χ1) is 12.1. The molecule has 0 aliphatic carbocycles. The van der Waals surface area contributed by atoms with Crippen LogP contribution >= 0.6 is 0 Å². The summed E-state index contributed by atoms with van der Waals surface area (Å²) in [5, 5.41) is 4.02.